The van der Waals surface area contributed by atoms with Gasteiger partial charge in [0.15, 0.2) is 11.5 Å². The maximum Gasteiger partial charge on any atom is 0.254 e. The van der Waals surface area contributed by atoms with Gasteiger partial charge in [-0.25, -0.2) is 0 Å². The fraction of sp³-hybridized carbons (Fsp3) is 0.320. The number of carbonyl (C=O) groups excluding carboxylic acids is 2. The second kappa shape index (κ2) is 8.95. The fourth-order valence-electron chi connectivity index (χ4n) is 5.02. The van der Waals surface area contributed by atoms with Crippen LogP contribution in [-0.4, -0.2) is 30.1 Å². The van der Waals surface area contributed by atoms with Crippen LogP contribution in [0.25, 0.3) is 0 Å². The van der Waals surface area contributed by atoms with Crippen LogP contribution in [0, 0.1) is 23.7 Å². The highest BCUT2D eigenvalue weighted by Crippen LogP contribution is 2.49. The van der Waals surface area contributed by atoms with Gasteiger partial charge in [0.05, 0.1) is 29.6 Å². The maximum absolute atomic E-state index is 12.9. The highest BCUT2D eigenvalue weighted by molar-refractivity contribution is 9.10. The number of rotatable bonds is 6. The normalized spacial score (nSPS) is 25.7. The Kier molecular flexibility index (Phi) is 6.01. The molecule has 170 valence electrons. The highest BCUT2D eigenvalue weighted by Gasteiger charge is 2.56. The molecule has 2 aromatic rings. The van der Waals surface area contributed by atoms with Gasteiger partial charge in [0.1, 0.15) is 6.61 Å². The molecule has 0 N–H and O–H groups in total. The van der Waals surface area contributed by atoms with E-state index in [1.165, 1.54) is 6.21 Å². The van der Waals surface area contributed by atoms with E-state index in [2.05, 4.69) is 33.2 Å². The summed E-state index contributed by atoms with van der Waals surface area (Å²) in [5.74, 6) is 0.336. The SMILES string of the molecule is COc1cc(/C=N\N2C(=O)[C@@H]3[C@@H](C2=O)[C@H]2C=C[C@@H]3CC2)cc(Br)c1OCc1ccccc1Cl. The van der Waals surface area contributed by atoms with E-state index in [9.17, 15) is 9.59 Å². The summed E-state index contributed by atoms with van der Waals surface area (Å²) in [5, 5.41) is 5.95. The van der Waals surface area contributed by atoms with Gasteiger partial charge in [-0.3, -0.25) is 9.59 Å². The Morgan fingerprint density at radius 3 is 2.39 bits per heavy atom. The van der Waals surface area contributed by atoms with E-state index in [1.807, 2.05) is 24.3 Å². The van der Waals surface area contributed by atoms with Gasteiger partial charge in [-0.05, 0) is 64.4 Å². The van der Waals surface area contributed by atoms with Gasteiger partial charge in [-0.15, -0.1) is 0 Å². The van der Waals surface area contributed by atoms with E-state index < -0.39 is 0 Å². The lowest BCUT2D eigenvalue weighted by Gasteiger charge is -2.37. The zero-order chi connectivity index (χ0) is 23.1. The van der Waals surface area contributed by atoms with E-state index in [1.54, 1.807) is 19.2 Å². The second-order valence-corrected chi connectivity index (χ2v) is 9.75. The van der Waals surface area contributed by atoms with Crippen LogP contribution in [0.5, 0.6) is 11.5 Å². The molecule has 4 aliphatic rings. The van der Waals surface area contributed by atoms with Crippen molar-refractivity contribution >= 4 is 45.6 Å². The number of methoxy groups -OCH3 is 1. The van der Waals surface area contributed by atoms with Gasteiger partial charge in [-0.1, -0.05) is 42.0 Å². The van der Waals surface area contributed by atoms with Crippen molar-refractivity contribution in [2.75, 3.05) is 7.11 Å². The van der Waals surface area contributed by atoms with Gasteiger partial charge in [-0.2, -0.15) is 10.1 Å². The van der Waals surface area contributed by atoms with Crippen LogP contribution in [0.2, 0.25) is 5.02 Å². The lowest BCUT2D eigenvalue weighted by molar-refractivity contribution is -0.140. The lowest BCUT2D eigenvalue weighted by Crippen LogP contribution is -2.38. The van der Waals surface area contributed by atoms with Crippen molar-refractivity contribution < 1.29 is 19.1 Å². The molecule has 6 rings (SSSR count). The monoisotopic (exact) mass is 528 g/mol. The summed E-state index contributed by atoms with van der Waals surface area (Å²) in [5.41, 5.74) is 1.52. The van der Waals surface area contributed by atoms with Gasteiger partial charge in [0.2, 0.25) is 0 Å². The quantitative estimate of drug-likeness (QED) is 0.292. The van der Waals surface area contributed by atoms with Gasteiger partial charge in [0.25, 0.3) is 11.8 Å². The number of benzene rings is 2. The summed E-state index contributed by atoms with van der Waals surface area (Å²) in [7, 11) is 1.55. The topological polar surface area (TPSA) is 68.2 Å². The van der Waals surface area contributed by atoms with Crippen molar-refractivity contribution in [2.45, 2.75) is 19.4 Å². The number of allylic oxidation sites excluding steroid dienone is 2. The Bertz CT molecular complexity index is 1150. The molecule has 2 bridgehead atoms. The first-order valence-corrected chi connectivity index (χ1v) is 12.0. The van der Waals surface area contributed by atoms with Crippen molar-refractivity contribution in [3.05, 3.63) is 69.2 Å². The summed E-state index contributed by atoms with van der Waals surface area (Å²) >= 11 is 9.75. The largest absolute Gasteiger partial charge is 0.493 e. The molecule has 0 spiro atoms. The summed E-state index contributed by atoms with van der Waals surface area (Å²) in [6.45, 7) is 0.276. The van der Waals surface area contributed by atoms with E-state index in [4.69, 9.17) is 21.1 Å². The zero-order valence-corrected chi connectivity index (χ0v) is 20.3. The van der Waals surface area contributed by atoms with E-state index in [0.717, 1.165) is 23.4 Å². The van der Waals surface area contributed by atoms with Crippen molar-refractivity contribution in [3.8, 4) is 11.5 Å². The number of ether oxygens (including phenoxy) is 2. The van der Waals surface area contributed by atoms with E-state index in [0.29, 0.717) is 26.6 Å². The molecule has 6 nitrogen and oxygen atoms in total. The summed E-state index contributed by atoms with van der Waals surface area (Å²) in [6, 6.07) is 11.0. The van der Waals surface area contributed by atoms with Crippen LogP contribution in [0.15, 0.2) is 58.1 Å². The number of hydrogen-bond donors (Lipinski definition) is 0. The summed E-state index contributed by atoms with van der Waals surface area (Å²) < 4.78 is 12.1. The molecule has 2 amide bonds. The molecule has 1 saturated heterocycles. The van der Waals surface area contributed by atoms with Gasteiger partial charge >= 0.3 is 0 Å². The minimum Gasteiger partial charge on any atom is -0.493 e. The summed E-state index contributed by atoms with van der Waals surface area (Å²) in [4.78, 5) is 25.9. The average Bonchev–Trinajstić information content (AvgIpc) is 3.10. The molecule has 1 heterocycles. The summed E-state index contributed by atoms with van der Waals surface area (Å²) in [6.07, 6.45) is 7.61. The smallest absolute Gasteiger partial charge is 0.254 e. The molecule has 0 aromatic heterocycles. The Hall–Kier alpha value is -2.64. The number of amides is 2. The number of halogens is 2. The Balaban J connectivity index is 1.35. The number of fused-ring (bicyclic) bond motifs is 1. The molecule has 4 atom stereocenters. The molecule has 0 radical (unpaired) electrons. The Morgan fingerprint density at radius 1 is 1.12 bits per heavy atom. The van der Waals surface area contributed by atoms with Crippen LogP contribution in [0.1, 0.15) is 24.0 Å². The maximum atomic E-state index is 12.9. The molecule has 33 heavy (non-hydrogen) atoms. The fourth-order valence-corrected chi connectivity index (χ4v) is 5.78. The molecule has 8 heteroatoms. The first kappa shape index (κ1) is 22.2. The molecule has 1 saturated carbocycles. The van der Waals surface area contributed by atoms with Gasteiger partial charge in [0, 0.05) is 10.6 Å². The van der Waals surface area contributed by atoms with Crippen LogP contribution in [0.3, 0.4) is 0 Å². The van der Waals surface area contributed by atoms with Gasteiger partial charge < -0.3 is 9.47 Å². The zero-order valence-electron chi connectivity index (χ0n) is 17.9. The minimum atomic E-state index is -0.278. The first-order chi connectivity index (χ1) is 16.0. The van der Waals surface area contributed by atoms with Crippen molar-refractivity contribution in [2.24, 2.45) is 28.8 Å². The molecule has 2 fully saturated rings. The number of nitrogens with zero attached hydrogens (tertiary/aromatic N) is 2. The average molecular weight is 530 g/mol. The molecular formula is C25H22BrClN2O4. The minimum absolute atomic E-state index is 0.139. The number of hydrazone groups is 1. The van der Waals surface area contributed by atoms with Crippen LogP contribution in [0.4, 0.5) is 0 Å². The Labute approximate surface area is 205 Å². The molecule has 3 aliphatic carbocycles. The first-order valence-electron chi connectivity index (χ1n) is 10.8. The van der Waals surface area contributed by atoms with Crippen molar-refractivity contribution in [1.82, 2.24) is 5.01 Å². The number of imide groups is 1. The van der Waals surface area contributed by atoms with E-state index in [-0.39, 0.29) is 42.1 Å². The standard InChI is InChI=1S/C25H22BrClN2O4/c1-32-20-11-14(10-18(26)23(20)33-13-17-4-2-3-5-19(17)27)12-28-29-24(30)21-15-6-7-16(9-8-15)22(21)25(29)31/h2-7,10-12,15-16,21-22H,8-9,13H2,1H3/b28-12-/t15-,16+,21-,22-/m0/s1. The van der Waals surface area contributed by atoms with Crippen molar-refractivity contribution in [3.63, 3.8) is 0 Å². The van der Waals surface area contributed by atoms with E-state index >= 15 is 0 Å². The molecule has 2 aromatic carbocycles. The third-order valence-corrected chi connectivity index (χ3v) is 7.60. The third-order valence-electron chi connectivity index (χ3n) is 6.64. The highest BCUT2D eigenvalue weighted by atomic mass is 79.9. The lowest BCUT2D eigenvalue weighted by atomic mass is 9.63. The predicted octanol–water partition coefficient (Wildman–Crippen LogP) is 5.22. The number of hydrogen-bond acceptors (Lipinski definition) is 5. The Morgan fingerprint density at radius 2 is 1.79 bits per heavy atom. The van der Waals surface area contributed by atoms with Crippen LogP contribution >= 0.6 is 27.5 Å². The van der Waals surface area contributed by atoms with Crippen LogP contribution < -0.4 is 9.47 Å². The molecule has 1 aliphatic heterocycles. The second-order valence-electron chi connectivity index (χ2n) is 8.49. The third kappa shape index (κ3) is 3.97. The number of carbonyl (C=O) groups is 2. The van der Waals surface area contributed by atoms with Crippen molar-refractivity contribution in [1.29, 1.82) is 0 Å². The van der Waals surface area contributed by atoms with Crippen LogP contribution in [-0.2, 0) is 16.2 Å². The molecular weight excluding hydrogens is 508 g/mol. The predicted molar refractivity (Wildman–Crippen MR) is 128 cm³/mol. The molecule has 0 unspecified atom stereocenters.